The lowest BCUT2D eigenvalue weighted by atomic mass is 9.93. The second-order valence-corrected chi connectivity index (χ2v) is 4.36. The van der Waals surface area contributed by atoms with Crippen molar-refractivity contribution in [3.63, 3.8) is 0 Å². The van der Waals surface area contributed by atoms with Crippen LogP contribution in [0.2, 0.25) is 0 Å². The molecule has 0 spiro atoms. The van der Waals surface area contributed by atoms with Gasteiger partial charge in [-0.2, -0.15) is 0 Å². The van der Waals surface area contributed by atoms with Crippen molar-refractivity contribution >= 4 is 0 Å². The number of pyridine rings is 1. The average Bonchev–Trinajstić information content (AvgIpc) is 2.26. The number of nitrogens with zero attached hydrogens (tertiary/aromatic N) is 1. The van der Waals surface area contributed by atoms with Gasteiger partial charge in [0.15, 0.2) is 0 Å². The van der Waals surface area contributed by atoms with Crippen LogP contribution >= 0.6 is 0 Å². The van der Waals surface area contributed by atoms with Crippen molar-refractivity contribution in [2.24, 2.45) is 0 Å². The summed E-state index contributed by atoms with van der Waals surface area (Å²) in [6.07, 6.45) is 6.94. The first kappa shape index (κ1) is 11.4. The molecule has 0 amide bonds. The molecule has 1 heterocycles. The van der Waals surface area contributed by atoms with Gasteiger partial charge in [-0.1, -0.05) is 19.4 Å². The van der Waals surface area contributed by atoms with Crippen LogP contribution in [0, 0.1) is 0 Å². The lowest BCUT2D eigenvalue weighted by Crippen LogP contribution is -2.34. The molecule has 1 N–H and O–H groups in total. The van der Waals surface area contributed by atoms with Gasteiger partial charge < -0.3 is 10.1 Å². The summed E-state index contributed by atoms with van der Waals surface area (Å²) in [5.41, 5.74) is 1.23. The van der Waals surface area contributed by atoms with E-state index in [2.05, 4.69) is 23.3 Å². The van der Waals surface area contributed by atoms with E-state index in [-0.39, 0.29) is 0 Å². The highest BCUT2D eigenvalue weighted by Gasteiger charge is 2.15. The molecule has 0 saturated heterocycles. The summed E-state index contributed by atoms with van der Waals surface area (Å²) in [5, 5.41) is 3.52. The Morgan fingerprint density at radius 3 is 2.88 bits per heavy atom. The smallest absolute Gasteiger partial charge is 0.213 e. The molecule has 3 heteroatoms. The molecule has 1 aromatic heterocycles. The Bertz CT molecular complexity index is 306. The fourth-order valence-electron chi connectivity index (χ4n) is 1.68. The molecule has 1 aliphatic carbocycles. The molecule has 1 aromatic rings. The summed E-state index contributed by atoms with van der Waals surface area (Å²) in [4.78, 5) is 4.28. The van der Waals surface area contributed by atoms with Crippen LogP contribution in [0.1, 0.15) is 38.2 Å². The minimum Gasteiger partial charge on any atom is -0.478 e. The van der Waals surface area contributed by atoms with Gasteiger partial charge in [-0.15, -0.1) is 0 Å². The molecule has 16 heavy (non-hydrogen) atoms. The van der Waals surface area contributed by atoms with Crippen LogP contribution in [0.5, 0.6) is 5.88 Å². The predicted molar refractivity (Wildman–Crippen MR) is 64.5 cm³/mol. The molecule has 0 unspecified atom stereocenters. The van der Waals surface area contributed by atoms with Gasteiger partial charge in [0.1, 0.15) is 0 Å². The summed E-state index contributed by atoms with van der Waals surface area (Å²) in [7, 11) is 0. The summed E-state index contributed by atoms with van der Waals surface area (Å²) >= 11 is 0. The molecule has 88 valence electrons. The van der Waals surface area contributed by atoms with Crippen molar-refractivity contribution < 1.29 is 4.74 Å². The van der Waals surface area contributed by atoms with Crippen molar-refractivity contribution in [2.75, 3.05) is 6.61 Å². The third kappa shape index (κ3) is 3.20. The monoisotopic (exact) mass is 220 g/mol. The SMILES string of the molecule is CCCOc1ccc(CNC2CCC2)cn1. The maximum absolute atomic E-state index is 5.44. The van der Waals surface area contributed by atoms with Crippen molar-refractivity contribution in [3.05, 3.63) is 23.9 Å². The van der Waals surface area contributed by atoms with Crippen molar-refractivity contribution in [1.29, 1.82) is 0 Å². The van der Waals surface area contributed by atoms with E-state index in [9.17, 15) is 0 Å². The van der Waals surface area contributed by atoms with Gasteiger partial charge in [0.2, 0.25) is 5.88 Å². The second-order valence-electron chi connectivity index (χ2n) is 4.36. The van der Waals surface area contributed by atoms with Gasteiger partial charge in [-0.3, -0.25) is 0 Å². The number of hydrogen-bond acceptors (Lipinski definition) is 3. The van der Waals surface area contributed by atoms with E-state index in [1.54, 1.807) is 0 Å². The van der Waals surface area contributed by atoms with E-state index >= 15 is 0 Å². The first-order chi connectivity index (χ1) is 7.88. The van der Waals surface area contributed by atoms with Crippen LogP contribution in [0.3, 0.4) is 0 Å². The van der Waals surface area contributed by atoms with Gasteiger partial charge in [-0.05, 0) is 24.8 Å². The van der Waals surface area contributed by atoms with Gasteiger partial charge in [-0.25, -0.2) is 4.98 Å². The Morgan fingerprint density at radius 2 is 2.31 bits per heavy atom. The van der Waals surface area contributed by atoms with Crippen molar-refractivity contribution in [3.8, 4) is 5.88 Å². The van der Waals surface area contributed by atoms with E-state index in [1.807, 2.05) is 12.3 Å². The fourth-order valence-corrected chi connectivity index (χ4v) is 1.68. The average molecular weight is 220 g/mol. The van der Waals surface area contributed by atoms with E-state index in [1.165, 1.54) is 24.8 Å². The molecule has 0 atom stereocenters. The Labute approximate surface area is 97.2 Å². The number of nitrogens with one attached hydrogen (secondary N) is 1. The number of ether oxygens (including phenoxy) is 1. The molecule has 0 radical (unpaired) electrons. The van der Waals surface area contributed by atoms with E-state index < -0.39 is 0 Å². The third-order valence-electron chi connectivity index (χ3n) is 2.95. The maximum atomic E-state index is 5.44. The molecule has 2 rings (SSSR count). The molecular formula is C13H20N2O. The van der Waals surface area contributed by atoms with Gasteiger partial charge in [0.25, 0.3) is 0 Å². The van der Waals surface area contributed by atoms with E-state index in [0.717, 1.165) is 31.5 Å². The largest absolute Gasteiger partial charge is 0.478 e. The van der Waals surface area contributed by atoms with Crippen LogP contribution in [0.25, 0.3) is 0 Å². The normalized spacial score (nSPS) is 15.8. The lowest BCUT2D eigenvalue weighted by molar-refractivity contribution is 0.304. The first-order valence-electron chi connectivity index (χ1n) is 6.19. The van der Waals surface area contributed by atoms with Crippen LogP contribution in [-0.4, -0.2) is 17.6 Å². The van der Waals surface area contributed by atoms with E-state index in [0.29, 0.717) is 0 Å². The molecule has 1 fully saturated rings. The summed E-state index contributed by atoms with van der Waals surface area (Å²) < 4.78 is 5.44. The van der Waals surface area contributed by atoms with Crippen molar-refractivity contribution in [2.45, 2.75) is 45.2 Å². The zero-order chi connectivity index (χ0) is 11.2. The summed E-state index contributed by atoms with van der Waals surface area (Å²) in [6.45, 7) is 3.76. The van der Waals surface area contributed by atoms with Gasteiger partial charge in [0.05, 0.1) is 6.61 Å². The summed E-state index contributed by atoms with van der Waals surface area (Å²) in [5.74, 6) is 0.731. The van der Waals surface area contributed by atoms with Crippen LogP contribution in [0.4, 0.5) is 0 Å². The first-order valence-corrected chi connectivity index (χ1v) is 6.19. The molecule has 1 saturated carbocycles. The zero-order valence-electron chi connectivity index (χ0n) is 9.91. The van der Waals surface area contributed by atoms with Crippen LogP contribution < -0.4 is 10.1 Å². The Balaban J connectivity index is 1.76. The Hall–Kier alpha value is -1.09. The third-order valence-corrected chi connectivity index (χ3v) is 2.95. The quantitative estimate of drug-likeness (QED) is 0.800. The number of rotatable bonds is 6. The zero-order valence-corrected chi connectivity index (χ0v) is 9.91. The maximum Gasteiger partial charge on any atom is 0.213 e. The minimum absolute atomic E-state index is 0.731. The molecule has 1 aliphatic rings. The topological polar surface area (TPSA) is 34.1 Å². The van der Waals surface area contributed by atoms with Crippen LogP contribution in [0.15, 0.2) is 18.3 Å². The minimum atomic E-state index is 0.731. The lowest BCUT2D eigenvalue weighted by Gasteiger charge is -2.26. The number of hydrogen-bond donors (Lipinski definition) is 1. The van der Waals surface area contributed by atoms with Gasteiger partial charge in [0, 0.05) is 24.8 Å². The van der Waals surface area contributed by atoms with Crippen molar-refractivity contribution in [1.82, 2.24) is 10.3 Å². The molecule has 0 aromatic carbocycles. The molecular weight excluding hydrogens is 200 g/mol. The standard InChI is InChI=1S/C13H20N2O/c1-2-8-16-13-7-6-11(10-15-13)9-14-12-4-3-5-12/h6-7,10,12,14H,2-5,8-9H2,1H3. The predicted octanol–water partition coefficient (Wildman–Crippen LogP) is 2.51. The second kappa shape index (κ2) is 5.85. The highest BCUT2D eigenvalue weighted by atomic mass is 16.5. The fraction of sp³-hybridized carbons (Fsp3) is 0.615. The highest BCUT2D eigenvalue weighted by molar-refractivity contribution is 5.17. The highest BCUT2D eigenvalue weighted by Crippen LogP contribution is 2.18. The molecule has 0 bridgehead atoms. The molecule has 0 aliphatic heterocycles. The molecule has 3 nitrogen and oxygen atoms in total. The Morgan fingerprint density at radius 1 is 1.44 bits per heavy atom. The summed E-state index contributed by atoms with van der Waals surface area (Å²) in [6, 6.07) is 4.77. The Kier molecular flexibility index (Phi) is 4.17. The number of aromatic nitrogens is 1. The van der Waals surface area contributed by atoms with Crippen LogP contribution in [-0.2, 0) is 6.54 Å². The van der Waals surface area contributed by atoms with E-state index in [4.69, 9.17) is 4.74 Å². The van der Waals surface area contributed by atoms with Gasteiger partial charge >= 0.3 is 0 Å².